The van der Waals surface area contributed by atoms with E-state index in [-0.39, 0.29) is 17.4 Å². The largest absolute Gasteiger partial charge is 0.384 e. The van der Waals surface area contributed by atoms with Crippen LogP contribution in [0, 0.1) is 11.3 Å². The van der Waals surface area contributed by atoms with E-state index in [1.54, 1.807) is 6.92 Å². The summed E-state index contributed by atoms with van der Waals surface area (Å²) < 4.78 is 0. The van der Waals surface area contributed by atoms with E-state index in [2.05, 4.69) is 62.6 Å². The molecule has 2 fully saturated rings. The predicted octanol–water partition coefficient (Wildman–Crippen LogP) is 6.81. The van der Waals surface area contributed by atoms with Crippen molar-refractivity contribution in [2.24, 2.45) is 11.3 Å². The average Bonchev–Trinajstić information content (AvgIpc) is 3.52. The number of aliphatic hydroxyl groups is 1. The number of H-pyrrole nitrogens is 1. The van der Waals surface area contributed by atoms with Crippen LogP contribution in [0.1, 0.15) is 76.8 Å². The minimum Gasteiger partial charge on any atom is -0.384 e. The molecule has 3 N–H and O–H groups in total. The van der Waals surface area contributed by atoms with Gasteiger partial charge in [0, 0.05) is 53.1 Å². The van der Waals surface area contributed by atoms with Crippen LogP contribution in [-0.2, 0) is 4.79 Å². The van der Waals surface area contributed by atoms with Crippen molar-refractivity contribution in [2.75, 3.05) is 31.5 Å². The number of aromatic amines is 1. The molecule has 236 valence electrons. The molecule has 8 rings (SSSR count). The summed E-state index contributed by atoms with van der Waals surface area (Å²) >= 11 is 0. The maximum absolute atomic E-state index is 13.1. The quantitative estimate of drug-likeness (QED) is 0.280. The van der Waals surface area contributed by atoms with Crippen LogP contribution in [0.15, 0.2) is 60.8 Å². The molecular formula is C38H47N5O2. The number of hydrogen-bond donors (Lipinski definition) is 3. The topological polar surface area (TPSA) is 84.5 Å². The van der Waals surface area contributed by atoms with Crippen molar-refractivity contribution in [1.29, 1.82) is 0 Å². The number of fused-ring (bicyclic) bond motifs is 5. The molecule has 0 radical (unpaired) electrons. The van der Waals surface area contributed by atoms with Gasteiger partial charge in [-0.1, -0.05) is 24.3 Å². The van der Waals surface area contributed by atoms with Crippen LogP contribution in [0.4, 0.5) is 5.69 Å². The van der Waals surface area contributed by atoms with E-state index in [1.165, 1.54) is 31.3 Å². The first-order valence-electron chi connectivity index (χ1n) is 17.4. The van der Waals surface area contributed by atoms with Crippen LogP contribution >= 0.6 is 0 Å². The lowest BCUT2D eigenvalue weighted by Crippen LogP contribution is -2.65. The first kappa shape index (κ1) is 29.2. The van der Waals surface area contributed by atoms with Gasteiger partial charge in [0.2, 0.25) is 5.91 Å². The number of amides is 1. The highest BCUT2D eigenvalue weighted by Gasteiger charge is 2.65. The summed E-state index contributed by atoms with van der Waals surface area (Å²) in [5, 5.41) is 18.3. The second-order valence-electron chi connectivity index (χ2n) is 14.4. The summed E-state index contributed by atoms with van der Waals surface area (Å²) in [5.41, 5.74) is 4.05. The Morgan fingerprint density at radius 3 is 2.76 bits per heavy atom. The van der Waals surface area contributed by atoms with E-state index in [4.69, 9.17) is 4.98 Å². The number of anilines is 1. The van der Waals surface area contributed by atoms with Crippen LogP contribution in [0.2, 0.25) is 0 Å². The van der Waals surface area contributed by atoms with Gasteiger partial charge in [0.15, 0.2) is 0 Å². The van der Waals surface area contributed by atoms with Gasteiger partial charge in [-0.05, 0) is 126 Å². The normalized spacial score (nSPS) is 35.2. The maximum Gasteiger partial charge on any atom is 0.221 e. The molecule has 4 aliphatic heterocycles. The highest BCUT2D eigenvalue weighted by molar-refractivity contribution is 6.11. The number of nitrogens with zero attached hydrogens (tertiary/aromatic N) is 3. The Hall–Kier alpha value is -3.26. The number of aromatic nitrogens is 2. The number of piperidine rings is 1. The fourth-order valence-electron chi connectivity index (χ4n) is 9.92. The van der Waals surface area contributed by atoms with Crippen LogP contribution in [-0.4, -0.2) is 74.6 Å². The molecule has 2 aromatic heterocycles. The molecule has 6 atom stereocenters. The van der Waals surface area contributed by atoms with Gasteiger partial charge in [0.25, 0.3) is 0 Å². The Labute approximate surface area is 266 Å². The summed E-state index contributed by atoms with van der Waals surface area (Å²) in [6.45, 7) is 5.87. The van der Waals surface area contributed by atoms with E-state index in [0.717, 1.165) is 97.9 Å². The number of carbonyl (C=O) groups excluding carboxylic acids is 1. The van der Waals surface area contributed by atoms with E-state index >= 15 is 0 Å². The Morgan fingerprint density at radius 2 is 1.87 bits per heavy atom. The smallest absolute Gasteiger partial charge is 0.221 e. The van der Waals surface area contributed by atoms with E-state index in [0.29, 0.717) is 12.0 Å². The maximum atomic E-state index is 13.1. The van der Waals surface area contributed by atoms with Gasteiger partial charge in [-0.2, -0.15) is 0 Å². The molecule has 7 nitrogen and oxygen atoms in total. The summed E-state index contributed by atoms with van der Waals surface area (Å²) in [5.74, 6) is 0.245. The predicted molar refractivity (Wildman–Crippen MR) is 182 cm³/mol. The lowest BCUT2D eigenvalue weighted by Gasteiger charge is -2.58. The second kappa shape index (κ2) is 11.5. The molecule has 3 bridgehead atoms. The van der Waals surface area contributed by atoms with Crippen LogP contribution in [0.5, 0.6) is 0 Å². The van der Waals surface area contributed by atoms with Crippen molar-refractivity contribution in [3.63, 3.8) is 0 Å². The second-order valence-corrected chi connectivity index (χ2v) is 14.4. The summed E-state index contributed by atoms with van der Waals surface area (Å²) in [6, 6.07) is 8.60. The molecule has 5 aliphatic rings. The lowest BCUT2D eigenvalue weighted by molar-refractivity contribution is -0.114. The van der Waals surface area contributed by atoms with Crippen molar-refractivity contribution in [2.45, 2.75) is 88.8 Å². The molecule has 1 spiro atoms. The third-order valence-corrected chi connectivity index (χ3v) is 11.6. The van der Waals surface area contributed by atoms with Crippen LogP contribution in [0.3, 0.4) is 0 Å². The van der Waals surface area contributed by atoms with Gasteiger partial charge in [0.05, 0.1) is 22.9 Å². The van der Waals surface area contributed by atoms with E-state index in [9.17, 15) is 9.90 Å². The number of pyridine rings is 1. The van der Waals surface area contributed by atoms with Crippen molar-refractivity contribution in [3.8, 4) is 0 Å². The van der Waals surface area contributed by atoms with E-state index < -0.39 is 5.60 Å². The molecule has 1 unspecified atom stereocenters. The summed E-state index contributed by atoms with van der Waals surface area (Å²) in [6.07, 6.45) is 24.7. The number of allylic oxidation sites excluding steroid dienone is 4. The molecule has 1 amide bonds. The monoisotopic (exact) mass is 605 g/mol. The zero-order chi connectivity index (χ0) is 30.6. The minimum absolute atomic E-state index is 0.0529. The number of carbonyl (C=O) groups is 1. The molecule has 1 aromatic carbocycles. The molecule has 3 aromatic rings. The van der Waals surface area contributed by atoms with E-state index in [1.807, 2.05) is 18.3 Å². The minimum atomic E-state index is -0.955. The number of benzene rings is 1. The fraction of sp³-hybridized carbons (Fsp3) is 0.526. The molecular weight excluding hydrogens is 558 g/mol. The highest BCUT2D eigenvalue weighted by atomic mass is 16.3. The first-order valence-corrected chi connectivity index (χ1v) is 17.4. The zero-order valence-electron chi connectivity index (χ0n) is 26.6. The molecule has 2 saturated heterocycles. The van der Waals surface area contributed by atoms with Gasteiger partial charge in [-0.15, -0.1) is 0 Å². The lowest BCUT2D eigenvalue weighted by atomic mass is 9.54. The van der Waals surface area contributed by atoms with Gasteiger partial charge < -0.3 is 20.3 Å². The Bertz CT molecular complexity index is 1700. The highest BCUT2D eigenvalue weighted by Crippen LogP contribution is 2.61. The summed E-state index contributed by atoms with van der Waals surface area (Å²) in [7, 11) is 0. The molecule has 45 heavy (non-hydrogen) atoms. The third kappa shape index (κ3) is 4.99. The Balaban J connectivity index is 1.32. The number of nitrogens with one attached hydrogen (secondary N) is 2. The average molecular weight is 606 g/mol. The molecule has 6 heterocycles. The van der Waals surface area contributed by atoms with Crippen LogP contribution < -0.4 is 5.32 Å². The van der Waals surface area contributed by atoms with Crippen molar-refractivity contribution < 1.29 is 9.90 Å². The fourth-order valence-corrected chi connectivity index (χ4v) is 9.92. The van der Waals surface area contributed by atoms with Crippen molar-refractivity contribution in [1.82, 2.24) is 19.8 Å². The number of rotatable bonds is 2. The molecule has 7 heteroatoms. The van der Waals surface area contributed by atoms with Gasteiger partial charge >= 0.3 is 0 Å². The molecule has 1 aliphatic carbocycles. The first-order chi connectivity index (χ1) is 22.0. The van der Waals surface area contributed by atoms with Crippen molar-refractivity contribution >= 4 is 39.0 Å². The van der Waals surface area contributed by atoms with Crippen LogP contribution in [0.25, 0.3) is 27.4 Å². The third-order valence-electron chi connectivity index (χ3n) is 11.6. The standard InChI is InChI=1S/C38H47N5O2/c1-26(44)40-27-13-14-33-30(22-27)29-15-18-39-34(35(29)41-33)31-24-38(45)17-9-5-2-3-6-10-19-42-21-16-32(31)37(25-42)23-28-12-8-4-7-11-20-43(28)36(37)38/h2,5,8,12-15,18,22,24,28,32,36,41,45H,3-4,6-7,9-11,16-17,19-21,23,25H2,1H3,(H,40,44)/b5-2-,12-8-/t28-,32-,36+,37-,38-/m0/s1. The molecule has 0 saturated carbocycles. The Kier molecular flexibility index (Phi) is 7.46. The van der Waals surface area contributed by atoms with Gasteiger partial charge in [-0.25, -0.2) is 0 Å². The number of hydrogen-bond acceptors (Lipinski definition) is 5. The zero-order valence-corrected chi connectivity index (χ0v) is 26.6. The van der Waals surface area contributed by atoms with Gasteiger partial charge in [-0.3, -0.25) is 14.7 Å². The SMILES string of the molecule is CC(=O)Nc1ccc2[nH]c3c(C4=C[C@@]5(O)CC/C=C\CCCCN6CC[C@@H]4[C@]4(C[C@@H]7/C=C\CCCCN7[C@H]45)C6)nccc3c2c1. The van der Waals surface area contributed by atoms with Crippen molar-refractivity contribution in [3.05, 3.63) is 66.5 Å². The Morgan fingerprint density at radius 1 is 1.02 bits per heavy atom. The summed E-state index contributed by atoms with van der Waals surface area (Å²) in [4.78, 5) is 26.1. The van der Waals surface area contributed by atoms with Gasteiger partial charge in [0.1, 0.15) is 0 Å².